The Morgan fingerprint density at radius 3 is 2.27 bits per heavy atom. The summed E-state index contributed by atoms with van der Waals surface area (Å²) in [6, 6.07) is 8.51. The zero-order valence-corrected chi connectivity index (χ0v) is 14.9. The molecule has 0 radical (unpaired) electrons. The van der Waals surface area contributed by atoms with Crippen molar-refractivity contribution in [3.63, 3.8) is 0 Å². The largest absolute Gasteiger partial charge is 0.481 e. The average Bonchev–Trinajstić information content (AvgIpc) is 3.25. The molecule has 2 fully saturated rings. The highest BCUT2D eigenvalue weighted by Gasteiger charge is 2.54. The molecule has 0 spiro atoms. The van der Waals surface area contributed by atoms with Crippen molar-refractivity contribution >= 4 is 11.9 Å². The molecule has 1 aromatic rings. The van der Waals surface area contributed by atoms with E-state index in [1.54, 1.807) is 6.08 Å². The van der Waals surface area contributed by atoms with Gasteiger partial charge in [-0.25, -0.2) is 0 Å². The van der Waals surface area contributed by atoms with E-state index in [1.165, 1.54) is 11.1 Å². The van der Waals surface area contributed by atoms with Crippen LogP contribution in [0.25, 0.3) is 0 Å². The van der Waals surface area contributed by atoms with E-state index in [2.05, 4.69) is 36.1 Å². The van der Waals surface area contributed by atoms with Gasteiger partial charge in [0, 0.05) is 32.7 Å². The monoisotopic (exact) mass is 356 g/mol. The third-order valence-corrected chi connectivity index (χ3v) is 5.68. The molecule has 1 amide bonds. The number of carboxylic acids is 1. The van der Waals surface area contributed by atoms with Crippen LogP contribution in [0.1, 0.15) is 11.1 Å². The van der Waals surface area contributed by atoms with Crippen LogP contribution in [-0.2, 0) is 20.9 Å². The second kappa shape index (κ2) is 6.85. The number of nitrogens with zero attached hydrogens (tertiary/aromatic N) is 2. The van der Waals surface area contributed by atoms with Gasteiger partial charge >= 0.3 is 5.97 Å². The van der Waals surface area contributed by atoms with E-state index in [-0.39, 0.29) is 12.0 Å². The van der Waals surface area contributed by atoms with E-state index in [0.29, 0.717) is 13.1 Å². The first kappa shape index (κ1) is 17.2. The topological polar surface area (TPSA) is 70.1 Å². The van der Waals surface area contributed by atoms with E-state index >= 15 is 0 Å². The van der Waals surface area contributed by atoms with Gasteiger partial charge in [0.15, 0.2) is 0 Å². The molecule has 3 heterocycles. The summed E-state index contributed by atoms with van der Waals surface area (Å²) >= 11 is 0. The molecule has 2 bridgehead atoms. The maximum Gasteiger partial charge on any atom is 0.310 e. The molecule has 0 aliphatic carbocycles. The van der Waals surface area contributed by atoms with Crippen molar-refractivity contribution in [2.24, 2.45) is 11.8 Å². The summed E-state index contributed by atoms with van der Waals surface area (Å²) < 4.78 is 5.63. The van der Waals surface area contributed by atoms with Gasteiger partial charge in [0.25, 0.3) is 0 Å². The molecular weight excluding hydrogens is 332 g/mol. The number of hydrogen-bond acceptors (Lipinski definition) is 4. The lowest BCUT2D eigenvalue weighted by Crippen LogP contribution is -2.52. The molecule has 2 saturated heterocycles. The molecule has 4 rings (SSSR count). The lowest BCUT2D eigenvalue weighted by molar-refractivity contribution is -0.150. The number of hydrogen-bond donors (Lipinski definition) is 1. The van der Waals surface area contributed by atoms with Crippen LogP contribution in [0.3, 0.4) is 0 Å². The van der Waals surface area contributed by atoms with Crippen LogP contribution in [0.4, 0.5) is 0 Å². The van der Waals surface area contributed by atoms with Crippen molar-refractivity contribution in [1.82, 2.24) is 9.80 Å². The van der Waals surface area contributed by atoms with Gasteiger partial charge in [-0.2, -0.15) is 0 Å². The number of carbonyl (C=O) groups excluding carboxylic acids is 1. The number of fused-ring (bicyclic) bond motifs is 2. The number of ether oxygens (including phenoxy) is 1. The predicted octanol–water partition coefficient (Wildman–Crippen LogP) is 1.29. The maximum absolute atomic E-state index is 12.9. The van der Waals surface area contributed by atoms with Crippen LogP contribution >= 0.6 is 0 Å². The van der Waals surface area contributed by atoms with Gasteiger partial charge in [0.1, 0.15) is 5.92 Å². The normalized spacial score (nSPS) is 30.7. The number of amides is 1. The maximum atomic E-state index is 12.9. The van der Waals surface area contributed by atoms with E-state index in [4.69, 9.17) is 4.74 Å². The van der Waals surface area contributed by atoms with Crippen molar-refractivity contribution in [2.75, 3.05) is 26.2 Å². The van der Waals surface area contributed by atoms with E-state index < -0.39 is 23.9 Å². The molecule has 26 heavy (non-hydrogen) atoms. The predicted molar refractivity (Wildman–Crippen MR) is 95.5 cm³/mol. The molecular formula is C20H24N2O4. The van der Waals surface area contributed by atoms with Gasteiger partial charge in [-0.3, -0.25) is 14.5 Å². The molecule has 6 heteroatoms. The van der Waals surface area contributed by atoms with Crippen LogP contribution < -0.4 is 0 Å². The molecule has 4 atom stereocenters. The van der Waals surface area contributed by atoms with E-state index in [9.17, 15) is 14.7 Å². The molecule has 138 valence electrons. The quantitative estimate of drug-likeness (QED) is 0.824. The molecule has 1 N–H and O–H groups in total. The Hall–Kier alpha value is -2.18. The number of benzene rings is 1. The Bertz CT molecular complexity index is 722. The Kier molecular flexibility index (Phi) is 4.54. The minimum absolute atomic E-state index is 0.0794. The zero-order chi connectivity index (χ0) is 18.3. The fraction of sp³-hybridized carbons (Fsp3) is 0.500. The highest BCUT2D eigenvalue weighted by molar-refractivity contribution is 5.87. The third-order valence-electron chi connectivity index (χ3n) is 5.68. The first-order valence-corrected chi connectivity index (χ1v) is 9.16. The summed E-state index contributed by atoms with van der Waals surface area (Å²) in [7, 11) is 0. The van der Waals surface area contributed by atoms with E-state index in [1.807, 2.05) is 11.0 Å². The van der Waals surface area contributed by atoms with Gasteiger partial charge in [-0.15, -0.1) is 0 Å². The zero-order valence-electron chi connectivity index (χ0n) is 14.9. The highest BCUT2D eigenvalue weighted by atomic mass is 16.5. The summed E-state index contributed by atoms with van der Waals surface area (Å²) in [6.45, 7) is 5.82. The van der Waals surface area contributed by atoms with Crippen molar-refractivity contribution < 1.29 is 19.4 Å². The first-order chi connectivity index (χ1) is 12.5. The third kappa shape index (κ3) is 3.15. The van der Waals surface area contributed by atoms with Gasteiger partial charge < -0.3 is 14.7 Å². The molecule has 3 aliphatic heterocycles. The second-order valence-corrected chi connectivity index (χ2v) is 7.43. The number of piperazine rings is 1. The summed E-state index contributed by atoms with van der Waals surface area (Å²) in [5.74, 6) is -2.38. The summed E-state index contributed by atoms with van der Waals surface area (Å²) in [6.07, 6.45) is 2.75. The molecule has 3 aliphatic rings. The molecule has 0 aromatic heterocycles. The van der Waals surface area contributed by atoms with Crippen LogP contribution in [0.15, 0.2) is 36.4 Å². The lowest BCUT2D eigenvalue weighted by Gasteiger charge is -2.37. The number of carboxylic acid groups (broad SMARTS) is 1. The molecule has 0 unspecified atom stereocenters. The number of aryl methyl sites for hydroxylation is 1. The minimum atomic E-state index is -0.946. The fourth-order valence-corrected chi connectivity index (χ4v) is 4.19. The minimum Gasteiger partial charge on any atom is -0.481 e. The van der Waals surface area contributed by atoms with Crippen LogP contribution in [-0.4, -0.2) is 65.2 Å². The van der Waals surface area contributed by atoms with Gasteiger partial charge in [-0.05, 0) is 12.5 Å². The van der Waals surface area contributed by atoms with E-state index in [0.717, 1.165) is 19.6 Å². The smallest absolute Gasteiger partial charge is 0.310 e. The van der Waals surface area contributed by atoms with Gasteiger partial charge in [-0.1, -0.05) is 42.0 Å². The Morgan fingerprint density at radius 1 is 1.04 bits per heavy atom. The van der Waals surface area contributed by atoms with Crippen LogP contribution in [0.5, 0.6) is 0 Å². The van der Waals surface area contributed by atoms with Gasteiger partial charge in [0.2, 0.25) is 5.91 Å². The van der Waals surface area contributed by atoms with Crippen LogP contribution in [0.2, 0.25) is 0 Å². The Labute approximate surface area is 153 Å². The first-order valence-electron chi connectivity index (χ1n) is 9.16. The number of aliphatic carboxylic acids is 1. The molecule has 6 nitrogen and oxygen atoms in total. The fourth-order valence-electron chi connectivity index (χ4n) is 4.19. The second-order valence-electron chi connectivity index (χ2n) is 7.43. The number of rotatable bonds is 4. The standard InChI is InChI=1S/C20H24N2O4/c1-13-2-4-14(5-3-13)12-21-8-10-22(11-9-21)19(23)17-15-6-7-16(26-15)18(17)20(24)25/h2-7,15-18H,8-12H2,1H3,(H,24,25)/t15-,16-,17-,18+/m1/s1. The summed E-state index contributed by atoms with van der Waals surface area (Å²) in [5, 5.41) is 9.49. The van der Waals surface area contributed by atoms with Crippen molar-refractivity contribution in [1.29, 1.82) is 0 Å². The van der Waals surface area contributed by atoms with Gasteiger partial charge in [0.05, 0.1) is 18.1 Å². The Morgan fingerprint density at radius 2 is 1.65 bits per heavy atom. The SMILES string of the molecule is Cc1ccc(CN2CCN(C(=O)[C@H]3[C@@H](C(=O)O)[C@H]4C=C[C@H]3O4)CC2)cc1. The van der Waals surface area contributed by atoms with Crippen molar-refractivity contribution in [3.8, 4) is 0 Å². The number of carbonyl (C=O) groups is 2. The van der Waals surface area contributed by atoms with Crippen molar-refractivity contribution in [2.45, 2.75) is 25.7 Å². The Balaban J connectivity index is 1.36. The summed E-state index contributed by atoms with van der Waals surface area (Å²) in [5.41, 5.74) is 2.52. The molecule has 0 saturated carbocycles. The van der Waals surface area contributed by atoms with Crippen molar-refractivity contribution in [3.05, 3.63) is 47.5 Å². The highest BCUT2D eigenvalue weighted by Crippen LogP contribution is 2.40. The lowest BCUT2D eigenvalue weighted by atomic mass is 9.82. The van der Waals surface area contributed by atoms with Crippen LogP contribution in [0, 0.1) is 18.8 Å². The average molecular weight is 356 g/mol. The molecule has 1 aromatic carbocycles. The summed E-state index contributed by atoms with van der Waals surface area (Å²) in [4.78, 5) is 28.7.